The fraction of sp³-hybridized carbons (Fsp3) is 0.500. The van der Waals surface area contributed by atoms with E-state index in [9.17, 15) is 0 Å². The zero-order chi connectivity index (χ0) is 6.69. The van der Waals surface area contributed by atoms with Crippen molar-refractivity contribution in [2.75, 3.05) is 7.11 Å². The van der Waals surface area contributed by atoms with Crippen LogP contribution in [0.3, 0.4) is 0 Å². The molecule has 3 heteroatoms. The summed E-state index contributed by atoms with van der Waals surface area (Å²) in [5, 5.41) is 0. The van der Waals surface area contributed by atoms with E-state index in [0.29, 0.717) is 6.73 Å². The fourth-order valence-electron chi connectivity index (χ4n) is 0.631. The average Bonchev–Trinajstić information content (AvgIpc) is 2.17. The van der Waals surface area contributed by atoms with E-state index in [0.717, 1.165) is 5.76 Å². The minimum atomic E-state index is 0.480. The highest BCUT2D eigenvalue weighted by Gasteiger charge is 2.02. The third-order valence-electron chi connectivity index (χ3n) is 0.993. The molecule has 9 heavy (non-hydrogen) atoms. The standard InChI is InChI=1S/C6H10NO2/c1-6-3-4-7(9-6)5-8-2/h3-4H,5H2,1-2H3/q+1. The number of aryl methyl sites for hydroxylation is 1. The lowest BCUT2D eigenvalue weighted by Crippen LogP contribution is -2.31. The normalized spacial score (nSPS) is 10.0. The van der Waals surface area contributed by atoms with Crippen molar-refractivity contribution in [3.63, 3.8) is 0 Å². The molecule has 0 spiro atoms. The van der Waals surface area contributed by atoms with Crippen LogP contribution < -0.4 is 4.74 Å². The number of hydrogen-bond acceptors (Lipinski definition) is 2. The highest BCUT2D eigenvalue weighted by atomic mass is 16.6. The molecular formula is C6H10NO2+. The molecule has 0 bridgehead atoms. The van der Waals surface area contributed by atoms with Crippen LogP contribution in [0.15, 0.2) is 16.8 Å². The van der Waals surface area contributed by atoms with Gasteiger partial charge in [-0.25, -0.2) is 4.52 Å². The number of aromatic nitrogens is 1. The van der Waals surface area contributed by atoms with Gasteiger partial charge >= 0.3 is 0 Å². The SMILES string of the molecule is COC[n+]1ccc(C)o1. The van der Waals surface area contributed by atoms with Crippen LogP contribution in [0.2, 0.25) is 0 Å². The molecule has 0 fully saturated rings. The molecule has 0 amide bonds. The van der Waals surface area contributed by atoms with Gasteiger partial charge in [0.15, 0.2) is 5.76 Å². The molecule has 0 N–H and O–H groups in total. The first-order valence-electron chi connectivity index (χ1n) is 2.78. The molecule has 1 aromatic rings. The summed E-state index contributed by atoms with van der Waals surface area (Å²) in [5.41, 5.74) is 0. The lowest BCUT2D eigenvalue weighted by atomic mass is 10.5. The fourth-order valence-corrected chi connectivity index (χ4v) is 0.631. The summed E-state index contributed by atoms with van der Waals surface area (Å²) in [4.78, 5) is 0. The van der Waals surface area contributed by atoms with Crippen LogP contribution in [-0.2, 0) is 11.5 Å². The van der Waals surface area contributed by atoms with E-state index in [1.165, 1.54) is 0 Å². The first kappa shape index (κ1) is 6.29. The Morgan fingerprint density at radius 3 is 3.00 bits per heavy atom. The molecule has 3 nitrogen and oxygen atoms in total. The molecule has 1 heterocycles. The summed E-state index contributed by atoms with van der Waals surface area (Å²) in [6.07, 6.45) is 1.83. The van der Waals surface area contributed by atoms with Crippen molar-refractivity contribution in [3.8, 4) is 0 Å². The quantitative estimate of drug-likeness (QED) is 0.541. The van der Waals surface area contributed by atoms with Crippen LogP contribution in [0, 0.1) is 6.92 Å². The number of nitrogens with zero attached hydrogens (tertiary/aromatic N) is 1. The van der Waals surface area contributed by atoms with E-state index in [1.807, 2.05) is 19.2 Å². The monoisotopic (exact) mass is 128 g/mol. The number of methoxy groups -OCH3 is 1. The van der Waals surface area contributed by atoms with Gasteiger partial charge in [0.25, 0.3) is 6.73 Å². The number of rotatable bonds is 2. The van der Waals surface area contributed by atoms with Gasteiger partial charge in [-0.1, -0.05) is 0 Å². The Morgan fingerprint density at radius 1 is 1.78 bits per heavy atom. The Balaban J connectivity index is 2.61. The van der Waals surface area contributed by atoms with E-state index in [1.54, 1.807) is 11.8 Å². The summed E-state index contributed by atoms with van der Waals surface area (Å²) in [6.45, 7) is 2.38. The molecule has 0 aliphatic rings. The molecule has 0 aliphatic heterocycles. The van der Waals surface area contributed by atoms with Crippen molar-refractivity contribution in [3.05, 3.63) is 18.0 Å². The number of hydrogen-bond donors (Lipinski definition) is 0. The van der Waals surface area contributed by atoms with Gasteiger partial charge in [-0.15, -0.1) is 0 Å². The Hall–Kier alpha value is -0.830. The van der Waals surface area contributed by atoms with Gasteiger partial charge in [0, 0.05) is 18.8 Å². The summed E-state index contributed by atoms with van der Waals surface area (Å²) in [5.74, 6) is 0.895. The highest BCUT2D eigenvalue weighted by molar-refractivity contribution is 4.84. The van der Waals surface area contributed by atoms with Crippen molar-refractivity contribution >= 4 is 0 Å². The predicted octanol–water partition coefficient (Wildman–Crippen LogP) is 0.479. The second-order valence-corrected chi connectivity index (χ2v) is 1.85. The number of ether oxygens (including phenoxy) is 1. The van der Waals surface area contributed by atoms with Gasteiger partial charge in [-0.2, -0.15) is 0 Å². The topological polar surface area (TPSA) is 26.2 Å². The Bertz CT molecular complexity index is 183. The van der Waals surface area contributed by atoms with Crippen LogP contribution in [-0.4, -0.2) is 7.11 Å². The van der Waals surface area contributed by atoms with Gasteiger partial charge < -0.3 is 4.74 Å². The molecule has 0 saturated heterocycles. The zero-order valence-electron chi connectivity index (χ0n) is 5.63. The van der Waals surface area contributed by atoms with E-state index >= 15 is 0 Å². The third-order valence-corrected chi connectivity index (χ3v) is 0.993. The summed E-state index contributed by atoms with van der Waals surface area (Å²) in [7, 11) is 1.63. The molecule has 1 rings (SSSR count). The first-order valence-corrected chi connectivity index (χ1v) is 2.78. The Kier molecular flexibility index (Phi) is 1.85. The van der Waals surface area contributed by atoms with E-state index in [-0.39, 0.29) is 0 Å². The van der Waals surface area contributed by atoms with Crippen LogP contribution in [0.1, 0.15) is 5.76 Å². The lowest BCUT2D eigenvalue weighted by molar-refractivity contribution is -0.887. The van der Waals surface area contributed by atoms with Crippen molar-refractivity contribution in [2.24, 2.45) is 0 Å². The Morgan fingerprint density at radius 2 is 2.56 bits per heavy atom. The van der Waals surface area contributed by atoms with Gasteiger partial charge in [0.2, 0.25) is 6.20 Å². The van der Waals surface area contributed by atoms with E-state index < -0.39 is 0 Å². The van der Waals surface area contributed by atoms with Crippen LogP contribution in [0.25, 0.3) is 0 Å². The summed E-state index contributed by atoms with van der Waals surface area (Å²) < 4.78 is 11.5. The van der Waals surface area contributed by atoms with Crippen LogP contribution >= 0.6 is 0 Å². The van der Waals surface area contributed by atoms with Gasteiger partial charge in [0.1, 0.15) is 0 Å². The van der Waals surface area contributed by atoms with E-state index in [4.69, 9.17) is 9.26 Å². The molecule has 0 radical (unpaired) electrons. The summed E-state index contributed by atoms with van der Waals surface area (Å²) in [6, 6.07) is 1.89. The minimum absolute atomic E-state index is 0.480. The average molecular weight is 128 g/mol. The molecule has 1 aromatic heterocycles. The molecule has 0 unspecified atom stereocenters. The van der Waals surface area contributed by atoms with Crippen molar-refractivity contribution in [1.82, 2.24) is 0 Å². The predicted molar refractivity (Wildman–Crippen MR) is 30.6 cm³/mol. The second kappa shape index (κ2) is 2.64. The minimum Gasteiger partial charge on any atom is -0.324 e. The largest absolute Gasteiger partial charge is 0.324 e. The maximum absolute atomic E-state index is 5.12. The van der Waals surface area contributed by atoms with Crippen molar-refractivity contribution in [2.45, 2.75) is 13.7 Å². The third kappa shape index (κ3) is 1.54. The second-order valence-electron chi connectivity index (χ2n) is 1.85. The van der Waals surface area contributed by atoms with Crippen molar-refractivity contribution < 1.29 is 14.0 Å². The smallest absolute Gasteiger partial charge is 0.296 e. The van der Waals surface area contributed by atoms with Crippen molar-refractivity contribution in [1.29, 1.82) is 0 Å². The highest BCUT2D eigenvalue weighted by Crippen LogP contribution is 1.88. The van der Waals surface area contributed by atoms with Gasteiger partial charge in [-0.3, -0.25) is 0 Å². The van der Waals surface area contributed by atoms with E-state index in [2.05, 4.69) is 0 Å². The van der Waals surface area contributed by atoms with Crippen LogP contribution in [0.4, 0.5) is 0 Å². The van der Waals surface area contributed by atoms with Gasteiger partial charge in [0.05, 0.1) is 6.07 Å². The molecule has 0 atom stereocenters. The Labute approximate surface area is 53.8 Å². The lowest BCUT2D eigenvalue weighted by Gasteiger charge is -1.83. The molecule has 0 aliphatic carbocycles. The molecular weight excluding hydrogens is 118 g/mol. The van der Waals surface area contributed by atoms with Crippen LogP contribution in [0.5, 0.6) is 0 Å². The molecule has 0 aromatic carbocycles. The molecule has 0 saturated carbocycles. The van der Waals surface area contributed by atoms with Gasteiger partial charge in [-0.05, 0) is 0 Å². The maximum atomic E-state index is 5.12. The summed E-state index contributed by atoms with van der Waals surface area (Å²) >= 11 is 0. The maximum Gasteiger partial charge on any atom is 0.296 e. The first-order chi connectivity index (χ1) is 4.33. The molecule has 50 valence electrons. The zero-order valence-corrected chi connectivity index (χ0v) is 5.63.